The van der Waals surface area contributed by atoms with Gasteiger partial charge < -0.3 is 12.6 Å². The Kier molecular flexibility index (Phi) is 1.47. The van der Waals surface area contributed by atoms with Crippen LogP contribution >= 0.6 is 0 Å². The van der Waals surface area contributed by atoms with Gasteiger partial charge in [0.25, 0.3) is 0 Å². The summed E-state index contributed by atoms with van der Waals surface area (Å²) < 4.78 is 0. The van der Waals surface area contributed by atoms with E-state index in [1.54, 1.807) is 6.20 Å². The normalized spacial score (nSPS) is 10.2. The first-order valence-corrected chi connectivity index (χ1v) is 3.78. The quantitative estimate of drug-likeness (QED) is 0.548. The maximum absolute atomic E-state index is 5.02. The molecule has 0 fully saturated rings. The molecule has 0 aliphatic carbocycles. The van der Waals surface area contributed by atoms with E-state index < -0.39 is 0 Å². The smallest absolute Gasteiger partial charge is 0.0346 e. The summed E-state index contributed by atoms with van der Waals surface area (Å²) in [5.74, 6) is 0. The summed E-state index contributed by atoms with van der Waals surface area (Å²) in [6.45, 7) is 0. The minimum absolute atomic E-state index is 0.878. The first-order valence-electron chi connectivity index (χ1n) is 3.37. The van der Waals surface area contributed by atoms with Crippen molar-refractivity contribution in [2.75, 3.05) is 0 Å². The summed E-state index contributed by atoms with van der Waals surface area (Å²) in [4.78, 5) is 4.89. The third-order valence-corrected chi connectivity index (χ3v) is 1.87. The predicted molar refractivity (Wildman–Crippen MR) is 47.4 cm³/mol. The summed E-state index contributed by atoms with van der Waals surface area (Å²) in [5, 5.41) is 2.30. The molecule has 1 heterocycles. The van der Waals surface area contributed by atoms with Gasteiger partial charge in [-0.1, -0.05) is 18.2 Å². The number of fused-ring (bicyclic) bond motifs is 1. The van der Waals surface area contributed by atoms with Crippen LogP contribution in [0.2, 0.25) is 0 Å². The fourth-order valence-electron chi connectivity index (χ4n) is 1.06. The number of aromatic nitrogens is 1. The van der Waals surface area contributed by atoms with Crippen LogP contribution in [0.25, 0.3) is 10.8 Å². The van der Waals surface area contributed by atoms with Crippen LogP contribution in [0.3, 0.4) is 0 Å². The molecule has 0 amide bonds. The second kappa shape index (κ2) is 2.47. The van der Waals surface area contributed by atoms with Crippen molar-refractivity contribution in [1.82, 2.24) is 4.98 Å². The number of hydrogen-bond donors (Lipinski definition) is 0. The van der Waals surface area contributed by atoms with Gasteiger partial charge in [0.15, 0.2) is 0 Å². The van der Waals surface area contributed by atoms with Crippen LogP contribution in [0, 0.1) is 0 Å². The zero-order valence-electron chi connectivity index (χ0n) is 5.82. The van der Waals surface area contributed by atoms with E-state index in [0.717, 1.165) is 15.7 Å². The summed E-state index contributed by atoms with van der Waals surface area (Å²) in [7, 11) is 0. The van der Waals surface area contributed by atoms with Crippen LogP contribution in [-0.4, -0.2) is 4.98 Å². The van der Waals surface area contributed by atoms with Crippen molar-refractivity contribution in [3.05, 3.63) is 36.7 Å². The Balaban J connectivity index is 2.83. The van der Waals surface area contributed by atoms with Crippen molar-refractivity contribution in [2.24, 2.45) is 0 Å². The summed E-state index contributed by atoms with van der Waals surface area (Å²) in [6.07, 6.45) is 3.61. The molecule has 1 aromatic heterocycles. The van der Waals surface area contributed by atoms with Gasteiger partial charge in [-0.25, -0.2) is 0 Å². The number of hydrogen-bond acceptors (Lipinski definition) is 2. The van der Waals surface area contributed by atoms with Gasteiger partial charge in [0.05, 0.1) is 0 Å². The predicted octanol–water partition coefficient (Wildman–Crippen LogP) is 2.14. The van der Waals surface area contributed by atoms with Crippen LogP contribution in [0.5, 0.6) is 0 Å². The van der Waals surface area contributed by atoms with Gasteiger partial charge in [-0.2, -0.15) is 4.90 Å². The third kappa shape index (κ3) is 1.17. The standard InChI is InChI=1S/C9H7NS/c11-9-2-1-8-6-10-4-3-7(8)5-9/h1-6,11H/p-1. The molecule has 54 valence electrons. The Hall–Kier alpha value is -1.15. The first kappa shape index (κ1) is 6.55. The van der Waals surface area contributed by atoms with Crippen LogP contribution in [0.4, 0.5) is 0 Å². The highest BCUT2D eigenvalue weighted by molar-refractivity contribution is 7.58. The molecule has 0 unspecified atom stereocenters. The Morgan fingerprint density at radius 2 is 2.00 bits per heavy atom. The Labute approximate surface area is 70.5 Å². The van der Waals surface area contributed by atoms with Gasteiger partial charge in [0, 0.05) is 12.4 Å². The summed E-state index contributed by atoms with van der Waals surface area (Å²) in [6, 6.07) is 7.85. The largest absolute Gasteiger partial charge is 0.780 e. The minimum atomic E-state index is 0.878. The van der Waals surface area contributed by atoms with Crippen molar-refractivity contribution < 1.29 is 0 Å². The summed E-state index contributed by atoms with van der Waals surface area (Å²) in [5.41, 5.74) is 0. The molecular formula is C9H6NS-. The van der Waals surface area contributed by atoms with E-state index >= 15 is 0 Å². The van der Waals surface area contributed by atoms with Crippen molar-refractivity contribution in [1.29, 1.82) is 0 Å². The van der Waals surface area contributed by atoms with Crippen LogP contribution in [0.1, 0.15) is 0 Å². The van der Waals surface area contributed by atoms with Gasteiger partial charge >= 0.3 is 0 Å². The van der Waals surface area contributed by atoms with Gasteiger partial charge in [-0.05, 0) is 16.8 Å². The molecule has 2 heteroatoms. The van der Waals surface area contributed by atoms with Crippen LogP contribution in [0.15, 0.2) is 41.6 Å². The number of benzene rings is 1. The van der Waals surface area contributed by atoms with E-state index in [4.69, 9.17) is 12.6 Å². The Morgan fingerprint density at radius 1 is 1.09 bits per heavy atom. The molecule has 0 spiro atoms. The molecule has 2 aromatic rings. The van der Waals surface area contributed by atoms with E-state index in [2.05, 4.69) is 4.98 Å². The second-order valence-electron chi connectivity index (χ2n) is 2.38. The maximum Gasteiger partial charge on any atom is 0.0346 e. The van der Waals surface area contributed by atoms with Crippen LogP contribution in [-0.2, 0) is 12.6 Å². The van der Waals surface area contributed by atoms with Gasteiger partial charge in [0.1, 0.15) is 0 Å². The molecule has 0 atom stereocenters. The average molecular weight is 160 g/mol. The zero-order chi connectivity index (χ0) is 7.68. The lowest BCUT2D eigenvalue weighted by Gasteiger charge is -2.04. The molecule has 0 N–H and O–H groups in total. The first-order chi connectivity index (χ1) is 5.36. The van der Waals surface area contributed by atoms with E-state index in [1.165, 1.54) is 0 Å². The van der Waals surface area contributed by atoms with Crippen molar-refractivity contribution in [3.8, 4) is 0 Å². The van der Waals surface area contributed by atoms with Crippen LogP contribution < -0.4 is 0 Å². The van der Waals surface area contributed by atoms with E-state index in [1.807, 2.05) is 30.5 Å². The lowest BCUT2D eigenvalue weighted by molar-refractivity contribution is 1.36. The minimum Gasteiger partial charge on any atom is -0.780 e. The fourth-order valence-corrected chi connectivity index (χ4v) is 1.26. The lowest BCUT2D eigenvalue weighted by Crippen LogP contribution is -1.75. The van der Waals surface area contributed by atoms with E-state index in [9.17, 15) is 0 Å². The van der Waals surface area contributed by atoms with Crippen molar-refractivity contribution in [2.45, 2.75) is 4.90 Å². The Bertz CT molecular complexity index is 384. The monoisotopic (exact) mass is 160 g/mol. The van der Waals surface area contributed by atoms with Gasteiger partial charge in [-0.15, -0.1) is 0 Å². The molecule has 11 heavy (non-hydrogen) atoms. The third-order valence-electron chi connectivity index (χ3n) is 1.61. The maximum atomic E-state index is 5.02. The molecule has 0 saturated carbocycles. The molecule has 0 aliphatic rings. The number of pyridine rings is 1. The van der Waals surface area contributed by atoms with Crippen molar-refractivity contribution >= 4 is 23.4 Å². The number of nitrogens with zero attached hydrogens (tertiary/aromatic N) is 1. The molecule has 0 saturated heterocycles. The molecule has 1 aromatic carbocycles. The molecule has 0 bridgehead atoms. The zero-order valence-corrected chi connectivity index (χ0v) is 6.64. The van der Waals surface area contributed by atoms with Crippen molar-refractivity contribution in [3.63, 3.8) is 0 Å². The molecular weight excluding hydrogens is 154 g/mol. The molecule has 1 nitrogen and oxygen atoms in total. The fraction of sp³-hybridized carbons (Fsp3) is 0. The second-order valence-corrected chi connectivity index (χ2v) is 2.86. The topological polar surface area (TPSA) is 12.9 Å². The molecule has 2 rings (SSSR count). The van der Waals surface area contributed by atoms with E-state index in [-0.39, 0.29) is 0 Å². The molecule has 0 aliphatic heterocycles. The molecule has 0 radical (unpaired) electrons. The van der Waals surface area contributed by atoms with E-state index in [0.29, 0.717) is 0 Å². The Morgan fingerprint density at radius 3 is 2.91 bits per heavy atom. The van der Waals surface area contributed by atoms with Gasteiger partial charge in [-0.3, -0.25) is 4.98 Å². The average Bonchev–Trinajstić information content (AvgIpc) is 2.04. The number of rotatable bonds is 0. The highest BCUT2D eigenvalue weighted by atomic mass is 32.1. The lowest BCUT2D eigenvalue weighted by atomic mass is 10.2. The summed E-state index contributed by atoms with van der Waals surface area (Å²) >= 11 is 5.02. The highest BCUT2D eigenvalue weighted by Crippen LogP contribution is 2.13. The van der Waals surface area contributed by atoms with Gasteiger partial charge in [0.2, 0.25) is 0 Å². The highest BCUT2D eigenvalue weighted by Gasteiger charge is 1.87. The SMILES string of the molecule is [S-]c1ccc2cnccc2c1.